The third-order valence-electron chi connectivity index (χ3n) is 2.76. The van der Waals surface area contributed by atoms with Gasteiger partial charge in [0.25, 0.3) is 0 Å². The van der Waals surface area contributed by atoms with Gasteiger partial charge in [-0.3, -0.25) is 10.00 Å². The predicted octanol–water partition coefficient (Wildman–Crippen LogP) is 1.44. The van der Waals surface area contributed by atoms with Crippen molar-refractivity contribution in [3.8, 4) is 0 Å². The third-order valence-corrected chi connectivity index (χ3v) is 2.76. The molecule has 0 amide bonds. The minimum atomic E-state index is -4.12. The van der Waals surface area contributed by atoms with Gasteiger partial charge in [-0.15, -0.1) is 0 Å². The molecule has 2 heterocycles. The lowest BCUT2D eigenvalue weighted by atomic mass is 10.2. The fraction of sp³-hybridized carbons (Fsp3) is 0.800. The van der Waals surface area contributed by atoms with Crippen LogP contribution in [0.1, 0.15) is 24.2 Å². The smallest absolute Gasteiger partial charge is 0.367 e. The van der Waals surface area contributed by atoms with Crippen LogP contribution in [0.4, 0.5) is 13.2 Å². The summed E-state index contributed by atoms with van der Waals surface area (Å²) in [6.07, 6.45) is -5.27. The number of aromatic nitrogens is 3. The van der Waals surface area contributed by atoms with E-state index < -0.39 is 12.6 Å². The van der Waals surface area contributed by atoms with Crippen LogP contribution in [-0.2, 0) is 4.74 Å². The topological polar surface area (TPSA) is 54.0 Å². The van der Waals surface area contributed by atoms with Crippen LogP contribution in [0.3, 0.4) is 0 Å². The van der Waals surface area contributed by atoms with Crippen LogP contribution in [0.5, 0.6) is 0 Å². The first-order valence-electron chi connectivity index (χ1n) is 5.73. The van der Waals surface area contributed by atoms with Crippen LogP contribution >= 0.6 is 0 Å². The molecule has 1 aliphatic heterocycles. The molecule has 8 heteroatoms. The van der Waals surface area contributed by atoms with Gasteiger partial charge < -0.3 is 4.74 Å². The van der Waals surface area contributed by atoms with E-state index in [-0.39, 0.29) is 12.6 Å². The minimum absolute atomic E-state index is 0.00718. The molecule has 0 spiro atoms. The van der Waals surface area contributed by atoms with Crippen molar-refractivity contribution in [2.24, 2.45) is 0 Å². The molecule has 0 saturated carbocycles. The molecule has 1 fully saturated rings. The van der Waals surface area contributed by atoms with E-state index in [2.05, 4.69) is 15.2 Å². The van der Waals surface area contributed by atoms with Gasteiger partial charge in [0, 0.05) is 19.6 Å². The zero-order valence-corrected chi connectivity index (χ0v) is 10.00. The van der Waals surface area contributed by atoms with Crippen LogP contribution in [0, 0.1) is 6.92 Å². The van der Waals surface area contributed by atoms with Gasteiger partial charge in [-0.25, -0.2) is 4.98 Å². The summed E-state index contributed by atoms with van der Waals surface area (Å²) in [6.45, 7) is 3.06. The number of hydrogen-bond donors (Lipinski definition) is 1. The summed E-state index contributed by atoms with van der Waals surface area (Å²) >= 11 is 0. The molecule has 0 bridgehead atoms. The van der Waals surface area contributed by atoms with E-state index in [0.717, 1.165) is 0 Å². The molecule has 1 saturated heterocycles. The molecule has 5 nitrogen and oxygen atoms in total. The molecule has 102 valence electrons. The van der Waals surface area contributed by atoms with E-state index in [1.54, 1.807) is 11.8 Å². The molecule has 1 atom stereocenters. The molecule has 0 radical (unpaired) electrons. The molecular weight excluding hydrogens is 249 g/mol. The Hall–Kier alpha value is -1.15. The average Bonchev–Trinajstić information content (AvgIpc) is 2.73. The highest BCUT2D eigenvalue weighted by atomic mass is 19.4. The Morgan fingerprint density at radius 2 is 2.28 bits per heavy atom. The van der Waals surface area contributed by atoms with E-state index in [4.69, 9.17) is 4.74 Å². The molecule has 2 rings (SSSR count). The number of morpholine rings is 1. The lowest BCUT2D eigenvalue weighted by Gasteiger charge is -2.31. The number of rotatable bonds is 3. The highest BCUT2D eigenvalue weighted by molar-refractivity contribution is 4.95. The first-order chi connectivity index (χ1) is 8.44. The summed E-state index contributed by atoms with van der Waals surface area (Å²) in [5.74, 6) is 1.17. The maximum absolute atomic E-state index is 12.1. The van der Waals surface area contributed by atoms with Gasteiger partial charge >= 0.3 is 6.18 Å². The number of alkyl halides is 3. The zero-order chi connectivity index (χ0) is 13.2. The first kappa shape index (κ1) is 13.3. The first-order valence-corrected chi connectivity index (χ1v) is 5.73. The Balaban J connectivity index is 1.88. The van der Waals surface area contributed by atoms with Crippen molar-refractivity contribution in [2.45, 2.75) is 25.6 Å². The van der Waals surface area contributed by atoms with E-state index in [1.807, 2.05) is 0 Å². The Morgan fingerprint density at radius 1 is 1.50 bits per heavy atom. The van der Waals surface area contributed by atoms with E-state index in [9.17, 15) is 13.2 Å². The van der Waals surface area contributed by atoms with Crippen LogP contribution in [0.2, 0.25) is 0 Å². The number of halogens is 3. The van der Waals surface area contributed by atoms with Gasteiger partial charge in [-0.2, -0.15) is 18.3 Å². The predicted molar refractivity (Wildman–Crippen MR) is 56.9 cm³/mol. The summed E-state index contributed by atoms with van der Waals surface area (Å²) in [5, 5.41) is 6.67. The maximum atomic E-state index is 12.1. The van der Waals surface area contributed by atoms with E-state index >= 15 is 0 Å². The molecule has 1 N–H and O–H groups in total. The van der Waals surface area contributed by atoms with E-state index in [1.165, 1.54) is 0 Å². The van der Waals surface area contributed by atoms with Gasteiger partial charge in [0.2, 0.25) is 0 Å². The summed E-state index contributed by atoms with van der Waals surface area (Å²) < 4.78 is 41.9. The standard InChI is InChI=1S/C10H15F3N4O/c1-7-14-9(16-15-7)8-6-17(4-5-18-8)3-2-10(11,12)13/h8H,2-6H2,1H3,(H,14,15,16). The van der Waals surface area contributed by atoms with Crippen LogP contribution in [-0.4, -0.2) is 52.5 Å². The molecule has 1 aromatic rings. The van der Waals surface area contributed by atoms with Crippen molar-refractivity contribution < 1.29 is 17.9 Å². The molecule has 18 heavy (non-hydrogen) atoms. The monoisotopic (exact) mass is 264 g/mol. The normalized spacial score (nSPS) is 22.3. The number of nitrogens with zero attached hydrogens (tertiary/aromatic N) is 3. The van der Waals surface area contributed by atoms with Crippen LogP contribution < -0.4 is 0 Å². The van der Waals surface area contributed by atoms with Crippen LogP contribution in [0.25, 0.3) is 0 Å². The number of nitrogens with one attached hydrogen (secondary N) is 1. The summed E-state index contributed by atoms with van der Waals surface area (Å²) in [7, 11) is 0. The van der Waals surface area contributed by atoms with Gasteiger partial charge in [0.15, 0.2) is 5.82 Å². The largest absolute Gasteiger partial charge is 0.390 e. The van der Waals surface area contributed by atoms with Crippen LogP contribution in [0.15, 0.2) is 0 Å². The van der Waals surface area contributed by atoms with Crippen molar-refractivity contribution in [1.29, 1.82) is 0 Å². The zero-order valence-electron chi connectivity index (χ0n) is 10.00. The Kier molecular flexibility index (Phi) is 3.86. The molecule has 0 aliphatic carbocycles. The molecule has 0 aromatic carbocycles. The number of aromatic amines is 1. The second kappa shape index (κ2) is 5.23. The van der Waals surface area contributed by atoms with Crippen molar-refractivity contribution >= 4 is 0 Å². The number of H-pyrrole nitrogens is 1. The third kappa shape index (κ3) is 3.67. The van der Waals surface area contributed by atoms with Crippen molar-refractivity contribution in [3.63, 3.8) is 0 Å². The second-order valence-electron chi connectivity index (χ2n) is 4.30. The number of aryl methyl sites for hydroxylation is 1. The lowest BCUT2D eigenvalue weighted by molar-refractivity contribution is -0.142. The van der Waals surface area contributed by atoms with Gasteiger partial charge in [0.05, 0.1) is 13.0 Å². The fourth-order valence-electron chi connectivity index (χ4n) is 1.85. The highest BCUT2D eigenvalue weighted by Gasteiger charge is 2.30. The molecule has 1 aromatic heterocycles. The Morgan fingerprint density at radius 3 is 2.89 bits per heavy atom. The Bertz CT molecular complexity index is 393. The van der Waals surface area contributed by atoms with E-state index in [0.29, 0.717) is 31.3 Å². The van der Waals surface area contributed by atoms with Crippen molar-refractivity contribution in [1.82, 2.24) is 20.1 Å². The Labute approximate surface area is 102 Å². The molecular formula is C10H15F3N4O. The van der Waals surface area contributed by atoms with Crippen molar-refractivity contribution in [2.75, 3.05) is 26.2 Å². The van der Waals surface area contributed by atoms with Crippen molar-refractivity contribution in [3.05, 3.63) is 11.6 Å². The average molecular weight is 264 g/mol. The summed E-state index contributed by atoms with van der Waals surface area (Å²) in [4.78, 5) is 5.87. The number of ether oxygens (including phenoxy) is 1. The van der Waals surface area contributed by atoms with Gasteiger partial charge in [-0.05, 0) is 6.92 Å². The highest BCUT2D eigenvalue weighted by Crippen LogP contribution is 2.23. The second-order valence-corrected chi connectivity index (χ2v) is 4.30. The minimum Gasteiger partial charge on any atom is -0.367 e. The maximum Gasteiger partial charge on any atom is 0.390 e. The lowest BCUT2D eigenvalue weighted by Crippen LogP contribution is -2.40. The fourth-order valence-corrected chi connectivity index (χ4v) is 1.85. The molecule has 1 unspecified atom stereocenters. The SMILES string of the molecule is Cc1nc(C2CN(CCC(F)(F)F)CCO2)n[nH]1. The molecule has 1 aliphatic rings. The van der Waals surface area contributed by atoms with Gasteiger partial charge in [-0.1, -0.05) is 0 Å². The quantitative estimate of drug-likeness (QED) is 0.897. The summed E-state index contributed by atoms with van der Waals surface area (Å²) in [5.41, 5.74) is 0. The summed E-state index contributed by atoms with van der Waals surface area (Å²) in [6, 6.07) is 0. The van der Waals surface area contributed by atoms with Gasteiger partial charge in [0.1, 0.15) is 11.9 Å². The number of hydrogen-bond acceptors (Lipinski definition) is 4.